The molecule has 146 valence electrons. The largest absolute Gasteiger partial charge is 0.491 e. The van der Waals surface area contributed by atoms with Crippen LogP contribution < -0.4 is 20.7 Å². The number of amides is 1. The van der Waals surface area contributed by atoms with Crippen molar-refractivity contribution in [3.63, 3.8) is 0 Å². The van der Waals surface area contributed by atoms with Gasteiger partial charge >= 0.3 is 0 Å². The summed E-state index contributed by atoms with van der Waals surface area (Å²) in [5.74, 6) is 1.30. The van der Waals surface area contributed by atoms with Gasteiger partial charge in [-0.1, -0.05) is 6.07 Å². The average Bonchev–Trinajstić information content (AvgIpc) is 3.14. The lowest BCUT2D eigenvalue weighted by Gasteiger charge is -2.14. The van der Waals surface area contributed by atoms with E-state index in [2.05, 4.69) is 32.4 Å². The van der Waals surface area contributed by atoms with E-state index < -0.39 is 0 Å². The number of hydrogen-bond donors (Lipinski definition) is 3. The zero-order chi connectivity index (χ0) is 19.5. The van der Waals surface area contributed by atoms with Gasteiger partial charge in [-0.15, -0.1) is 11.3 Å². The van der Waals surface area contributed by atoms with Crippen molar-refractivity contribution in [1.82, 2.24) is 10.6 Å². The maximum Gasteiger partial charge on any atom is 0.241 e. The number of guanidine groups is 1. The smallest absolute Gasteiger partial charge is 0.241 e. The number of carbonyl (C=O) groups is 1. The van der Waals surface area contributed by atoms with Crippen LogP contribution >= 0.6 is 11.3 Å². The van der Waals surface area contributed by atoms with Crippen LogP contribution in [0.3, 0.4) is 0 Å². The van der Waals surface area contributed by atoms with Crippen molar-refractivity contribution in [3.05, 3.63) is 46.7 Å². The molecule has 3 N–H and O–H groups in total. The molecule has 0 fully saturated rings. The summed E-state index contributed by atoms with van der Waals surface area (Å²) >= 11 is 1.73. The van der Waals surface area contributed by atoms with Crippen molar-refractivity contribution < 1.29 is 9.53 Å². The van der Waals surface area contributed by atoms with E-state index in [4.69, 9.17) is 4.74 Å². The second-order valence-electron chi connectivity index (χ2n) is 6.19. The Morgan fingerprint density at radius 3 is 2.59 bits per heavy atom. The Balaban J connectivity index is 1.97. The van der Waals surface area contributed by atoms with Gasteiger partial charge in [-0.3, -0.25) is 4.79 Å². The fourth-order valence-corrected chi connectivity index (χ4v) is 3.04. The number of likely N-dealkylation sites (N-methyl/N-ethyl adjacent to an activating group) is 1. The van der Waals surface area contributed by atoms with Gasteiger partial charge in [0.05, 0.1) is 6.10 Å². The SMILES string of the molecule is CCNC(=O)CN=C(NCCc1cccs1)Nc1ccc(OC(C)C)cc1. The van der Waals surface area contributed by atoms with Crippen LogP contribution in [0.25, 0.3) is 0 Å². The Morgan fingerprint density at radius 2 is 1.96 bits per heavy atom. The highest BCUT2D eigenvalue weighted by molar-refractivity contribution is 7.09. The summed E-state index contributed by atoms with van der Waals surface area (Å²) in [6, 6.07) is 11.8. The van der Waals surface area contributed by atoms with Crippen molar-refractivity contribution in [1.29, 1.82) is 0 Å². The fraction of sp³-hybridized carbons (Fsp3) is 0.400. The van der Waals surface area contributed by atoms with E-state index >= 15 is 0 Å². The van der Waals surface area contributed by atoms with E-state index in [1.165, 1.54) is 4.88 Å². The van der Waals surface area contributed by atoms with E-state index in [1.54, 1.807) is 11.3 Å². The van der Waals surface area contributed by atoms with Crippen molar-refractivity contribution in [2.24, 2.45) is 4.99 Å². The van der Waals surface area contributed by atoms with Gasteiger partial charge in [-0.2, -0.15) is 0 Å². The molecule has 1 amide bonds. The standard InChI is InChI=1S/C20H28N4O2S/c1-4-21-19(25)14-23-20(22-12-11-18-6-5-13-27-18)24-16-7-9-17(10-8-16)26-15(2)3/h5-10,13,15H,4,11-12,14H2,1-3H3,(H,21,25)(H2,22,23,24). The number of ether oxygens (including phenoxy) is 1. The maximum absolute atomic E-state index is 11.7. The molecule has 0 aliphatic rings. The predicted octanol–water partition coefficient (Wildman–Crippen LogP) is 3.27. The third kappa shape index (κ3) is 8.13. The normalized spacial score (nSPS) is 11.3. The molecule has 0 atom stereocenters. The molecule has 27 heavy (non-hydrogen) atoms. The Bertz CT molecular complexity index is 712. The van der Waals surface area contributed by atoms with Crippen molar-refractivity contribution in [2.75, 3.05) is 25.0 Å². The third-order valence-corrected chi connectivity index (χ3v) is 4.42. The van der Waals surface area contributed by atoms with Crippen LogP contribution in [-0.4, -0.2) is 37.6 Å². The lowest BCUT2D eigenvalue weighted by molar-refractivity contribution is -0.119. The molecule has 0 bridgehead atoms. The van der Waals surface area contributed by atoms with E-state index in [0.29, 0.717) is 12.5 Å². The fourth-order valence-electron chi connectivity index (χ4n) is 2.33. The maximum atomic E-state index is 11.7. The molecule has 0 radical (unpaired) electrons. The second-order valence-corrected chi connectivity index (χ2v) is 7.22. The Morgan fingerprint density at radius 1 is 1.19 bits per heavy atom. The number of thiophene rings is 1. The highest BCUT2D eigenvalue weighted by Crippen LogP contribution is 2.16. The number of benzene rings is 1. The molecule has 1 aromatic heterocycles. The first-order valence-corrected chi connectivity index (χ1v) is 10.1. The van der Waals surface area contributed by atoms with Gasteiger partial charge in [-0.05, 0) is 62.9 Å². The third-order valence-electron chi connectivity index (χ3n) is 3.49. The molecule has 2 aromatic rings. The van der Waals surface area contributed by atoms with Crippen LogP contribution in [0, 0.1) is 0 Å². The molecule has 0 aliphatic heterocycles. The van der Waals surface area contributed by atoms with Gasteiger partial charge in [0.1, 0.15) is 12.3 Å². The minimum Gasteiger partial charge on any atom is -0.491 e. The Labute approximate surface area is 165 Å². The molecular formula is C20H28N4O2S. The first kappa shape index (κ1) is 20.8. The van der Waals surface area contributed by atoms with Crippen LogP contribution in [-0.2, 0) is 11.2 Å². The van der Waals surface area contributed by atoms with Gasteiger partial charge in [0.25, 0.3) is 0 Å². The quantitative estimate of drug-likeness (QED) is 0.455. The molecular weight excluding hydrogens is 360 g/mol. The zero-order valence-corrected chi connectivity index (χ0v) is 16.9. The van der Waals surface area contributed by atoms with Crippen molar-refractivity contribution in [3.8, 4) is 5.75 Å². The van der Waals surface area contributed by atoms with Gasteiger partial charge in [-0.25, -0.2) is 4.99 Å². The van der Waals surface area contributed by atoms with Crippen LogP contribution in [0.15, 0.2) is 46.8 Å². The molecule has 7 heteroatoms. The number of carbonyl (C=O) groups excluding carboxylic acids is 1. The lowest BCUT2D eigenvalue weighted by atomic mass is 10.3. The molecule has 6 nitrogen and oxygen atoms in total. The molecule has 2 rings (SSSR count). The first-order chi connectivity index (χ1) is 13.1. The number of anilines is 1. The molecule has 1 heterocycles. The molecule has 0 saturated heterocycles. The lowest BCUT2D eigenvalue weighted by Crippen LogP contribution is -2.34. The minimum atomic E-state index is -0.0995. The summed E-state index contributed by atoms with van der Waals surface area (Å²) in [5.41, 5.74) is 0.879. The molecule has 0 aliphatic carbocycles. The Kier molecular flexibility index (Phi) is 8.64. The highest BCUT2D eigenvalue weighted by atomic mass is 32.1. The molecule has 0 unspecified atom stereocenters. The van der Waals surface area contributed by atoms with E-state index in [9.17, 15) is 4.79 Å². The summed E-state index contributed by atoms with van der Waals surface area (Å²) in [6.45, 7) is 7.29. The number of rotatable bonds is 9. The summed E-state index contributed by atoms with van der Waals surface area (Å²) in [6.07, 6.45) is 1.04. The van der Waals surface area contributed by atoms with Crippen LogP contribution in [0.4, 0.5) is 5.69 Å². The van der Waals surface area contributed by atoms with E-state index in [1.807, 2.05) is 51.1 Å². The van der Waals surface area contributed by atoms with Crippen LogP contribution in [0.5, 0.6) is 5.75 Å². The molecule has 0 spiro atoms. The number of nitrogens with zero attached hydrogens (tertiary/aromatic N) is 1. The van der Waals surface area contributed by atoms with Gasteiger partial charge in [0.15, 0.2) is 5.96 Å². The second kappa shape index (κ2) is 11.2. The van der Waals surface area contributed by atoms with E-state index in [0.717, 1.165) is 24.4 Å². The summed E-state index contributed by atoms with van der Waals surface area (Å²) < 4.78 is 5.66. The number of aliphatic imine (C=N–C) groups is 1. The van der Waals surface area contributed by atoms with E-state index in [-0.39, 0.29) is 18.6 Å². The summed E-state index contributed by atoms with van der Waals surface area (Å²) in [7, 11) is 0. The Hall–Kier alpha value is -2.54. The van der Waals surface area contributed by atoms with Gasteiger partial charge < -0.3 is 20.7 Å². The minimum absolute atomic E-state index is 0.0801. The molecule has 1 aromatic carbocycles. The van der Waals surface area contributed by atoms with Crippen LogP contribution in [0.1, 0.15) is 25.6 Å². The first-order valence-electron chi connectivity index (χ1n) is 9.18. The van der Waals surface area contributed by atoms with Crippen molar-refractivity contribution in [2.45, 2.75) is 33.3 Å². The number of hydrogen-bond acceptors (Lipinski definition) is 4. The topological polar surface area (TPSA) is 74.8 Å². The van der Waals surface area contributed by atoms with Gasteiger partial charge in [0.2, 0.25) is 5.91 Å². The highest BCUT2D eigenvalue weighted by Gasteiger charge is 2.04. The summed E-state index contributed by atoms with van der Waals surface area (Å²) in [4.78, 5) is 17.4. The number of nitrogens with one attached hydrogen (secondary N) is 3. The summed E-state index contributed by atoms with van der Waals surface area (Å²) in [5, 5.41) is 11.3. The van der Waals surface area contributed by atoms with Crippen LogP contribution in [0.2, 0.25) is 0 Å². The zero-order valence-electron chi connectivity index (χ0n) is 16.1. The van der Waals surface area contributed by atoms with Gasteiger partial charge in [0, 0.05) is 23.7 Å². The van der Waals surface area contributed by atoms with Crippen molar-refractivity contribution >= 4 is 28.9 Å². The monoisotopic (exact) mass is 388 g/mol. The average molecular weight is 389 g/mol. The predicted molar refractivity (Wildman–Crippen MR) is 113 cm³/mol. The molecule has 0 saturated carbocycles.